The molecule has 0 bridgehead atoms. The Bertz CT molecular complexity index is 659. The summed E-state index contributed by atoms with van der Waals surface area (Å²) in [7, 11) is -1.12. The van der Waals surface area contributed by atoms with Gasteiger partial charge in [0.15, 0.2) is 0 Å². The van der Waals surface area contributed by atoms with Crippen molar-refractivity contribution >= 4 is 13.8 Å². The second-order valence-electron chi connectivity index (χ2n) is 8.63. The van der Waals surface area contributed by atoms with Crippen LogP contribution >= 0.6 is 0 Å². The van der Waals surface area contributed by atoms with E-state index in [9.17, 15) is 9.50 Å². The molecule has 1 fully saturated rings. The molecule has 0 amide bonds. The Morgan fingerprint density at radius 2 is 2.04 bits per heavy atom. The molecule has 27 heavy (non-hydrogen) atoms. The molecule has 0 saturated carbocycles. The van der Waals surface area contributed by atoms with E-state index in [1.807, 2.05) is 17.3 Å². The number of aliphatic hydroxyl groups is 1. The van der Waals surface area contributed by atoms with Gasteiger partial charge in [0.2, 0.25) is 0 Å². The Labute approximate surface area is 162 Å². The molecule has 2 aliphatic rings. The third-order valence-corrected chi connectivity index (χ3v) is 6.89. The molecule has 0 radical (unpaired) electrons. The summed E-state index contributed by atoms with van der Waals surface area (Å²) < 4.78 is 19.7. The highest BCUT2D eigenvalue weighted by Crippen LogP contribution is 2.33. The molecule has 2 unspecified atom stereocenters. The van der Waals surface area contributed by atoms with E-state index < -0.39 is 14.2 Å². The van der Waals surface area contributed by atoms with Crippen molar-refractivity contribution in [2.75, 3.05) is 31.3 Å². The van der Waals surface area contributed by atoms with Crippen LogP contribution in [0.2, 0.25) is 25.7 Å². The van der Waals surface area contributed by atoms with Crippen molar-refractivity contribution in [2.45, 2.75) is 50.8 Å². The third-order valence-electron chi connectivity index (χ3n) is 5.18. The number of hydrogen-bond donors (Lipinski definition) is 2. The van der Waals surface area contributed by atoms with Crippen molar-refractivity contribution in [2.24, 2.45) is 0 Å². The Morgan fingerprint density at radius 3 is 2.74 bits per heavy atom. The first-order chi connectivity index (χ1) is 12.8. The smallest absolute Gasteiger partial charge is 0.131 e. The van der Waals surface area contributed by atoms with Gasteiger partial charge in [-0.1, -0.05) is 25.7 Å². The molecule has 1 aromatic rings. The van der Waals surface area contributed by atoms with E-state index >= 15 is 0 Å². The number of aliphatic hydroxyl groups excluding tert-OH is 1. The number of hydrogen-bond acceptors (Lipinski definition) is 5. The van der Waals surface area contributed by atoms with E-state index in [0.717, 1.165) is 49.8 Å². The predicted molar refractivity (Wildman–Crippen MR) is 110 cm³/mol. The lowest BCUT2D eigenvalue weighted by Gasteiger charge is -2.32. The van der Waals surface area contributed by atoms with Gasteiger partial charge in [-0.25, -0.2) is 4.39 Å². The summed E-state index contributed by atoms with van der Waals surface area (Å²) in [5.41, 5.74) is 1.56. The molecule has 1 saturated heterocycles. The molecule has 3 rings (SSSR count). The highest BCUT2D eigenvalue weighted by molar-refractivity contribution is 6.76. The fourth-order valence-corrected chi connectivity index (χ4v) is 4.30. The van der Waals surface area contributed by atoms with Gasteiger partial charge in [-0.05, 0) is 31.0 Å². The summed E-state index contributed by atoms with van der Waals surface area (Å²) in [6, 6.07) is 5.79. The van der Waals surface area contributed by atoms with Gasteiger partial charge in [0.05, 0.1) is 0 Å². The molecule has 2 N–H and O–H groups in total. The van der Waals surface area contributed by atoms with Crippen molar-refractivity contribution in [1.29, 1.82) is 0 Å². The van der Waals surface area contributed by atoms with Crippen molar-refractivity contribution in [3.05, 3.63) is 42.0 Å². The van der Waals surface area contributed by atoms with E-state index in [1.165, 1.54) is 6.07 Å². The highest BCUT2D eigenvalue weighted by Gasteiger charge is 2.31. The zero-order chi connectivity index (χ0) is 19.4. The normalized spacial score (nSPS) is 21.0. The number of rotatable bonds is 8. The van der Waals surface area contributed by atoms with Crippen molar-refractivity contribution in [1.82, 2.24) is 10.2 Å². The van der Waals surface area contributed by atoms with Gasteiger partial charge >= 0.3 is 0 Å². The average molecular weight is 394 g/mol. The molecule has 0 spiro atoms. The predicted octanol–water partition coefficient (Wildman–Crippen LogP) is 3.47. The number of nitrogens with one attached hydrogen (secondary N) is 1. The van der Waals surface area contributed by atoms with Crippen LogP contribution in [0.25, 0.3) is 0 Å². The Balaban J connectivity index is 1.67. The molecule has 150 valence electrons. The average Bonchev–Trinajstić information content (AvgIpc) is 3.29. The lowest BCUT2D eigenvalue weighted by Crippen LogP contribution is -2.42. The molecule has 7 heteroatoms. The van der Waals surface area contributed by atoms with Crippen LogP contribution in [0, 0.1) is 5.82 Å². The van der Waals surface area contributed by atoms with Crippen LogP contribution in [0.15, 0.2) is 30.6 Å². The maximum atomic E-state index is 13.9. The quantitative estimate of drug-likeness (QED) is 0.523. The standard InChI is InChI=1S/C20H32FN3O2Si/c1-27(2,3)13-12-26-15-24-11-8-22-20(24)19(25)17-7-6-16(21)14-18(17)23-9-4-5-10-23/h6-8,11,14,19-20,22,25H,4-5,9-10,12-13,15H2,1-3H3. The van der Waals surface area contributed by atoms with Crippen LogP contribution in [0.5, 0.6) is 0 Å². The van der Waals surface area contributed by atoms with E-state index in [0.29, 0.717) is 6.73 Å². The summed E-state index contributed by atoms with van der Waals surface area (Å²) in [5.74, 6) is -0.267. The molecule has 2 heterocycles. The maximum Gasteiger partial charge on any atom is 0.131 e. The van der Waals surface area contributed by atoms with Gasteiger partial charge in [0, 0.05) is 51.4 Å². The zero-order valence-electron chi connectivity index (χ0n) is 16.6. The molecule has 2 atom stereocenters. The number of ether oxygens (including phenoxy) is 1. The van der Waals surface area contributed by atoms with Gasteiger partial charge < -0.3 is 25.0 Å². The number of anilines is 1. The lowest BCUT2D eigenvalue weighted by molar-refractivity contribution is -0.00330. The largest absolute Gasteiger partial charge is 0.384 e. The van der Waals surface area contributed by atoms with Crippen LogP contribution in [0.3, 0.4) is 0 Å². The zero-order valence-corrected chi connectivity index (χ0v) is 17.6. The minimum Gasteiger partial charge on any atom is -0.384 e. The van der Waals surface area contributed by atoms with Crippen molar-refractivity contribution in [3.63, 3.8) is 0 Å². The number of nitrogens with zero attached hydrogens (tertiary/aromatic N) is 2. The molecule has 5 nitrogen and oxygen atoms in total. The monoisotopic (exact) mass is 393 g/mol. The second-order valence-corrected chi connectivity index (χ2v) is 14.3. The van der Waals surface area contributed by atoms with Crippen molar-refractivity contribution in [3.8, 4) is 0 Å². The van der Waals surface area contributed by atoms with E-state index in [1.54, 1.807) is 12.1 Å². The minimum atomic E-state index is -1.12. The summed E-state index contributed by atoms with van der Waals surface area (Å²) in [6.07, 6.45) is 4.84. The lowest BCUT2D eigenvalue weighted by atomic mass is 10.0. The molecule has 1 aromatic carbocycles. The van der Waals surface area contributed by atoms with Crippen LogP contribution in [0.1, 0.15) is 24.5 Å². The van der Waals surface area contributed by atoms with Gasteiger partial charge in [0.1, 0.15) is 24.8 Å². The molecular weight excluding hydrogens is 361 g/mol. The fraction of sp³-hybridized carbons (Fsp3) is 0.600. The molecule has 2 aliphatic heterocycles. The summed E-state index contributed by atoms with van der Waals surface area (Å²) in [4.78, 5) is 4.13. The minimum absolute atomic E-state index is 0.267. The molecular formula is C20H32FN3O2Si. The van der Waals surface area contributed by atoms with E-state index in [2.05, 4.69) is 29.9 Å². The molecule has 0 aliphatic carbocycles. The van der Waals surface area contributed by atoms with Gasteiger partial charge in [-0.15, -0.1) is 0 Å². The fourth-order valence-electron chi connectivity index (χ4n) is 3.54. The van der Waals surface area contributed by atoms with Crippen LogP contribution < -0.4 is 10.2 Å². The Hall–Kier alpha value is -1.57. The van der Waals surface area contributed by atoms with Crippen LogP contribution in [0.4, 0.5) is 10.1 Å². The van der Waals surface area contributed by atoms with Crippen molar-refractivity contribution < 1.29 is 14.2 Å². The summed E-state index contributed by atoms with van der Waals surface area (Å²) in [5, 5.41) is 14.3. The SMILES string of the molecule is C[Si](C)(C)CCOCN1C=CNC1C(O)c1ccc(F)cc1N1CCCC1. The Kier molecular flexibility index (Phi) is 6.44. The second kappa shape index (κ2) is 8.62. The maximum absolute atomic E-state index is 13.9. The van der Waals surface area contributed by atoms with Gasteiger partial charge in [-0.3, -0.25) is 0 Å². The van der Waals surface area contributed by atoms with E-state index in [4.69, 9.17) is 4.74 Å². The van der Waals surface area contributed by atoms with Crippen LogP contribution in [-0.4, -0.2) is 50.7 Å². The van der Waals surface area contributed by atoms with Gasteiger partial charge in [0.25, 0.3) is 0 Å². The third kappa shape index (κ3) is 5.24. The first-order valence-electron chi connectivity index (χ1n) is 9.84. The number of benzene rings is 1. The Morgan fingerprint density at radius 1 is 1.30 bits per heavy atom. The topological polar surface area (TPSA) is 48.0 Å². The van der Waals surface area contributed by atoms with Crippen LogP contribution in [-0.2, 0) is 4.74 Å². The molecule has 0 aromatic heterocycles. The summed E-state index contributed by atoms with van der Waals surface area (Å²) in [6.45, 7) is 9.96. The van der Waals surface area contributed by atoms with E-state index in [-0.39, 0.29) is 12.0 Å². The summed E-state index contributed by atoms with van der Waals surface area (Å²) >= 11 is 0. The first-order valence-corrected chi connectivity index (χ1v) is 13.5. The van der Waals surface area contributed by atoms with Gasteiger partial charge in [-0.2, -0.15) is 0 Å². The highest BCUT2D eigenvalue weighted by atomic mass is 28.3. The first kappa shape index (κ1) is 20.2. The number of halogens is 1.